The molecule has 0 radical (unpaired) electrons. The van der Waals surface area contributed by atoms with Gasteiger partial charge in [-0.3, -0.25) is 28.6 Å². The third-order valence-electron chi connectivity index (χ3n) is 6.76. The van der Waals surface area contributed by atoms with E-state index < -0.39 is 55.2 Å². The minimum atomic E-state index is -3.24. The van der Waals surface area contributed by atoms with Crippen LogP contribution in [0.2, 0.25) is 0 Å². The molecule has 16 heteroatoms. The van der Waals surface area contributed by atoms with Crippen LogP contribution in [0.25, 0.3) is 10.9 Å². The number of carbonyl (C=O) groups is 3. The minimum absolute atomic E-state index is 0.0847. The quantitative estimate of drug-likeness (QED) is 0.287. The Labute approximate surface area is 236 Å². The molecule has 1 aromatic heterocycles. The Morgan fingerprint density at radius 1 is 1.17 bits per heavy atom. The lowest BCUT2D eigenvalue weighted by Crippen LogP contribution is -2.37. The lowest BCUT2D eigenvalue weighted by atomic mass is 10.2. The highest BCUT2D eigenvalue weighted by atomic mass is 19.3. The van der Waals surface area contributed by atoms with Gasteiger partial charge in [-0.25, -0.2) is 13.6 Å². The van der Waals surface area contributed by atoms with Gasteiger partial charge >= 0.3 is 12.5 Å². The lowest BCUT2D eigenvalue weighted by Gasteiger charge is -2.26. The zero-order valence-electron chi connectivity index (χ0n) is 22.6. The van der Waals surface area contributed by atoms with E-state index in [1.807, 2.05) is 5.32 Å². The molecule has 1 aliphatic rings. The van der Waals surface area contributed by atoms with E-state index in [0.29, 0.717) is 16.6 Å². The summed E-state index contributed by atoms with van der Waals surface area (Å²) in [6.45, 7) is 0.772. The molecule has 0 bridgehead atoms. The van der Waals surface area contributed by atoms with Gasteiger partial charge in [-0.1, -0.05) is 0 Å². The van der Waals surface area contributed by atoms with Crippen LogP contribution in [0.5, 0.6) is 0 Å². The molecule has 0 saturated carbocycles. The van der Waals surface area contributed by atoms with E-state index in [2.05, 4.69) is 5.32 Å². The Kier molecular flexibility index (Phi) is 9.04. The Bertz CT molecular complexity index is 1550. The number of halogens is 4. The fourth-order valence-electron chi connectivity index (χ4n) is 4.71. The maximum atomic E-state index is 15.3. The molecule has 1 fully saturated rings. The van der Waals surface area contributed by atoms with Gasteiger partial charge in [0.2, 0.25) is 5.91 Å². The second-order valence-electron chi connectivity index (χ2n) is 9.39. The Balaban J connectivity index is 1.51. The van der Waals surface area contributed by atoms with Crippen molar-refractivity contribution in [2.75, 3.05) is 47.9 Å². The van der Waals surface area contributed by atoms with E-state index in [9.17, 15) is 28.0 Å². The number of aromatic nitrogens is 2. The molecule has 0 spiro atoms. The zero-order valence-corrected chi connectivity index (χ0v) is 22.6. The number of ether oxygens (including phenoxy) is 1. The highest BCUT2D eigenvalue weighted by Crippen LogP contribution is 2.31. The van der Waals surface area contributed by atoms with E-state index >= 15 is 8.78 Å². The smallest absolute Gasteiger partial charge is 0.414 e. The largest absolute Gasteiger partial charge is 0.442 e. The first-order valence-electron chi connectivity index (χ1n) is 12.8. The lowest BCUT2D eigenvalue weighted by molar-refractivity contribution is -0.132. The number of cyclic esters (lactones) is 1. The first kappa shape index (κ1) is 30.4. The number of hydrogen-bond donors (Lipinski definition) is 3. The van der Waals surface area contributed by atoms with Crippen molar-refractivity contribution >= 4 is 45.9 Å². The fourth-order valence-corrected chi connectivity index (χ4v) is 4.71. The number of aliphatic hydroxyl groups excluding tert-OH is 1. The van der Waals surface area contributed by atoms with E-state index in [-0.39, 0.29) is 43.1 Å². The molecule has 1 atom stereocenters. The van der Waals surface area contributed by atoms with E-state index in [0.717, 1.165) is 17.0 Å². The van der Waals surface area contributed by atoms with Crippen molar-refractivity contribution in [1.82, 2.24) is 14.7 Å². The monoisotopic (exact) mass is 596 g/mol. The van der Waals surface area contributed by atoms with Crippen LogP contribution in [0, 0.1) is 11.6 Å². The highest BCUT2D eigenvalue weighted by Gasteiger charge is 2.34. The summed E-state index contributed by atoms with van der Waals surface area (Å²) >= 11 is 0. The van der Waals surface area contributed by atoms with Crippen LogP contribution in [-0.4, -0.2) is 77.7 Å². The molecular formula is C26H28F4N6O6. The molecule has 1 saturated heterocycles. The van der Waals surface area contributed by atoms with Gasteiger partial charge in [0.25, 0.3) is 11.5 Å². The number of nitrogens with zero attached hydrogens (tertiary/aromatic N) is 4. The number of rotatable bonds is 11. The third kappa shape index (κ3) is 6.17. The first-order chi connectivity index (χ1) is 19.9. The van der Waals surface area contributed by atoms with Crippen molar-refractivity contribution in [2.45, 2.75) is 26.0 Å². The number of nitrogens with one attached hydrogen (secondary N) is 2. The van der Waals surface area contributed by atoms with Crippen LogP contribution in [-0.2, 0) is 27.9 Å². The van der Waals surface area contributed by atoms with Crippen LogP contribution < -0.4 is 26.0 Å². The zero-order chi connectivity index (χ0) is 30.7. The number of fused-ring (bicyclic) bond motifs is 1. The maximum absolute atomic E-state index is 15.3. The van der Waals surface area contributed by atoms with Crippen LogP contribution in [0.1, 0.15) is 6.92 Å². The predicted molar refractivity (Wildman–Crippen MR) is 144 cm³/mol. The van der Waals surface area contributed by atoms with Gasteiger partial charge in [0, 0.05) is 38.0 Å². The highest BCUT2D eigenvalue weighted by molar-refractivity contribution is 5.94. The molecule has 3 aromatic rings. The van der Waals surface area contributed by atoms with Gasteiger partial charge < -0.3 is 25.4 Å². The number of carbonyl (C=O) groups excluding carboxylic acids is 3. The molecule has 12 nitrogen and oxygen atoms in total. The summed E-state index contributed by atoms with van der Waals surface area (Å²) in [5, 5.41) is 13.6. The van der Waals surface area contributed by atoms with E-state index in [4.69, 9.17) is 9.84 Å². The molecule has 42 heavy (non-hydrogen) atoms. The average molecular weight is 597 g/mol. The molecule has 2 aromatic carbocycles. The van der Waals surface area contributed by atoms with Crippen molar-refractivity contribution < 1.29 is 41.8 Å². The first-order valence-corrected chi connectivity index (χ1v) is 12.8. The summed E-state index contributed by atoms with van der Waals surface area (Å²) in [5.74, 6) is -4.11. The number of hydrogen-bond acceptors (Lipinski definition) is 7. The second kappa shape index (κ2) is 12.5. The Morgan fingerprint density at radius 3 is 2.48 bits per heavy atom. The second-order valence-corrected chi connectivity index (χ2v) is 9.39. The van der Waals surface area contributed by atoms with Crippen LogP contribution in [0.15, 0.2) is 35.1 Å². The summed E-state index contributed by atoms with van der Waals surface area (Å²) in [6.07, 6.45) is -5.19. The number of amides is 3. The predicted octanol–water partition coefficient (Wildman–Crippen LogP) is 1.78. The molecule has 0 unspecified atom stereocenters. The molecule has 1 aliphatic heterocycles. The van der Waals surface area contributed by atoms with Crippen LogP contribution in [0.3, 0.4) is 0 Å². The van der Waals surface area contributed by atoms with Gasteiger partial charge in [-0.05, 0) is 25.1 Å². The van der Waals surface area contributed by atoms with Crippen molar-refractivity contribution in [3.63, 3.8) is 0 Å². The molecule has 3 amide bonds. The molecule has 3 N–H and O–H groups in total. The number of alkyl halides is 2. The summed E-state index contributed by atoms with van der Waals surface area (Å²) in [6, 6.07) is 6.54. The standard InChI is InChI=1S/C26H28F4N6O6/c1-3-34(6-7-36-20-5-4-14(32-21(38)13-37)8-17(20)25(40)33(36)2)22-18(27)9-15(10-19(22)28)35-12-16(42-26(35)41)11-31-24(39)23(29)30/h4-5,8-10,16,23,37H,3,6-7,11-13H2,1-2H3,(H,31,39)(H,32,38)/t16-/m0/s1. The fraction of sp³-hybridized carbons (Fsp3) is 0.385. The van der Waals surface area contributed by atoms with Crippen LogP contribution in [0.4, 0.5) is 39.4 Å². The number of likely N-dealkylation sites (N-methyl/N-ethyl adjacent to an activating group) is 1. The normalized spacial score (nSPS) is 14.9. The Morgan fingerprint density at radius 2 is 1.86 bits per heavy atom. The molecule has 2 heterocycles. The number of benzene rings is 2. The Hall–Kier alpha value is -4.60. The van der Waals surface area contributed by atoms with E-state index in [1.165, 1.54) is 22.7 Å². The van der Waals surface area contributed by atoms with Crippen molar-refractivity contribution in [3.05, 3.63) is 52.3 Å². The third-order valence-corrected chi connectivity index (χ3v) is 6.76. The van der Waals surface area contributed by atoms with Gasteiger partial charge in [0.15, 0.2) is 11.6 Å². The molecule has 4 rings (SSSR count). The molecular weight excluding hydrogens is 568 g/mol. The van der Waals surface area contributed by atoms with Crippen molar-refractivity contribution in [2.24, 2.45) is 7.05 Å². The molecule has 226 valence electrons. The van der Waals surface area contributed by atoms with Gasteiger partial charge in [0.05, 0.1) is 36.2 Å². The maximum Gasteiger partial charge on any atom is 0.414 e. The van der Waals surface area contributed by atoms with Crippen LogP contribution >= 0.6 is 0 Å². The van der Waals surface area contributed by atoms with Crippen molar-refractivity contribution in [3.8, 4) is 0 Å². The minimum Gasteiger partial charge on any atom is -0.442 e. The number of anilines is 3. The molecule has 0 aliphatic carbocycles. The summed E-state index contributed by atoms with van der Waals surface area (Å²) in [7, 11) is 1.53. The van der Waals surface area contributed by atoms with E-state index in [1.54, 1.807) is 23.7 Å². The van der Waals surface area contributed by atoms with Gasteiger partial charge in [0.1, 0.15) is 18.4 Å². The topological polar surface area (TPSA) is 138 Å². The van der Waals surface area contributed by atoms with Crippen molar-refractivity contribution in [1.29, 1.82) is 0 Å². The SMILES string of the molecule is CCN(CCn1c2ccc(NC(=O)CO)cc2c(=O)n1C)c1c(F)cc(N2C[C@H](CNC(=O)C(F)F)OC2=O)cc1F. The average Bonchev–Trinajstić information content (AvgIpc) is 3.44. The summed E-state index contributed by atoms with van der Waals surface area (Å²) in [4.78, 5) is 50.0. The summed E-state index contributed by atoms with van der Waals surface area (Å²) in [5.41, 5.74) is -0.0320. The summed E-state index contributed by atoms with van der Waals surface area (Å²) < 4.78 is 63.3. The van der Waals surface area contributed by atoms with Gasteiger partial charge in [-0.2, -0.15) is 8.78 Å². The number of aliphatic hydroxyl groups is 1. The van der Waals surface area contributed by atoms with Gasteiger partial charge in [-0.15, -0.1) is 0 Å².